The summed E-state index contributed by atoms with van der Waals surface area (Å²) in [5, 5.41) is 0. The highest BCUT2D eigenvalue weighted by atomic mass is 79.9. The van der Waals surface area contributed by atoms with E-state index in [2.05, 4.69) is 32.8 Å². The van der Waals surface area contributed by atoms with E-state index in [1.54, 1.807) is 0 Å². The Bertz CT molecular complexity index is 377. The standard InChI is InChI=1S/C11H13BrO2S/c1-7-5-10(8(2)4-9(7)12)15-6-11(13)14-3/h4-5H,6H2,1-3H3. The summed E-state index contributed by atoms with van der Waals surface area (Å²) in [4.78, 5) is 12.1. The van der Waals surface area contributed by atoms with E-state index in [0.29, 0.717) is 5.75 Å². The quantitative estimate of drug-likeness (QED) is 0.630. The summed E-state index contributed by atoms with van der Waals surface area (Å²) in [6.07, 6.45) is 0. The van der Waals surface area contributed by atoms with Crippen molar-refractivity contribution in [3.8, 4) is 0 Å². The van der Waals surface area contributed by atoms with Crippen LogP contribution in [0.15, 0.2) is 21.5 Å². The van der Waals surface area contributed by atoms with Gasteiger partial charge < -0.3 is 4.74 Å². The highest BCUT2D eigenvalue weighted by Gasteiger charge is 2.06. The number of hydrogen-bond acceptors (Lipinski definition) is 3. The third-order valence-corrected chi connectivity index (χ3v) is 4.01. The molecule has 0 atom stereocenters. The van der Waals surface area contributed by atoms with E-state index in [9.17, 15) is 4.79 Å². The van der Waals surface area contributed by atoms with E-state index in [-0.39, 0.29) is 5.97 Å². The molecule has 0 aliphatic heterocycles. The maximum atomic E-state index is 11.0. The fourth-order valence-corrected chi connectivity index (χ4v) is 2.50. The number of halogens is 1. The molecular formula is C11H13BrO2S. The second-order valence-electron chi connectivity index (χ2n) is 3.23. The number of benzene rings is 1. The molecule has 1 aromatic rings. The lowest BCUT2D eigenvalue weighted by Crippen LogP contribution is -2.03. The second-order valence-corrected chi connectivity index (χ2v) is 5.10. The van der Waals surface area contributed by atoms with Crippen molar-refractivity contribution < 1.29 is 9.53 Å². The monoisotopic (exact) mass is 288 g/mol. The minimum atomic E-state index is -0.194. The molecule has 82 valence electrons. The van der Waals surface area contributed by atoms with Crippen LogP contribution < -0.4 is 0 Å². The Morgan fingerprint density at radius 1 is 1.40 bits per heavy atom. The average Bonchev–Trinajstić information content (AvgIpc) is 2.21. The summed E-state index contributed by atoms with van der Waals surface area (Å²) in [6, 6.07) is 4.14. The number of carbonyl (C=O) groups excluding carboxylic acids is 1. The maximum absolute atomic E-state index is 11.0. The zero-order chi connectivity index (χ0) is 11.4. The second kappa shape index (κ2) is 5.56. The zero-order valence-corrected chi connectivity index (χ0v) is 11.4. The molecule has 0 heterocycles. The minimum absolute atomic E-state index is 0.194. The molecule has 0 bridgehead atoms. The summed E-state index contributed by atoms with van der Waals surface area (Å²) in [7, 11) is 1.41. The Morgan fingerprint density at radius 3 is 2.67 bits per heavy atom. The topological polar surface area (TPSA) is 26.3 Å². The summed E-state index contributed by atoms with van der Waals surface area (Å²) in [5.41, 5.74) is 2.34. The Morgan fingerprint density at radius 2 is 2.07 bits per heavy atom. The number of esters is 1. The predicted molar refractivity (Wildman–Crippen MR) is 66.4 cm³/mol. The van der Waals surface area contributed by atoms with E-state index in [1.807, 2.05) is 13.8 Å². The SMILES string of the molecule is COC(=O)CSc1cc(C)c(Br)cc1C. The Balaban J connectivity index is 2.77. The van der Waals surface area contributed by atoms with E-state index >= 15 is 0 Å². The van der Waals surface area contributed by atoms with Crippen LogP contribution in [-0.2, 0) is 9.53 Å². The third-order valence-electron chi connectivity index (χ3n) is 2.03. The lowest BCUT2D eigenvalue weighted by Gasteiger charge is -2.07. The van der Waals surface area contributed by atoms with Gasteiger partial charge in [0.2, 0.25) is 0 Å². The fourth-order valence-electron chi connectivity index (χ4n) is 1.11. The van der Waals surface area contributed by atoms with Crippen LogP contribution in [0.1, 0.15) is 11.1 Å². The van der Waals surface area contributed by atoms with E-state index in [1.165, 1.54) is 30.0 Å². The number of thioether (sulfide) groups is 1. The summed E-state index contributed by atoms with van der Waals surface area (Å²) < 4.78 is 5.70. The molecule has 2 nitrogen and oxygen atoms in total. The lowest BCUT2D eigenvalue weighted by atomic mass is 10.2. The van der Waals surface area contributed by atoms with Crippen molar-refractivity contribution in [1.82, 2.24) is 0 Å². The molecular weight excluding hydrogens is 276 g/mol. The first-order chi connectivity index (χ1) is 7.04. The molecule has 0 aliphatic carbocycles. The lowest BCUT2D eigenvalue weighted by molar-refractivity contribution is -0.137. The number of rotatable bonds is 3. The van der Waals surface area contributed by atoms with Gasteiger partial charge in [0.05, 0.1) is 12.9 Å². The molecule has 0 saturated carbocycles. The zero-order valence-electron chi connectivity index (χ0n) is 8.96. The molecule has 0 saturated heterocycles. The molecule has 0 aliphatic rings. The highest BCUT2D eigenvalue weighted by Crippen LogP contribution is 2.28. The molecule has 0 unspecified atom stereocenters. The third kappa shape index (κ3) is 3.54. The summed E-state index contributed by atoms with van der Waals surface area (Å²) >= 11 is 4.98. The van der Waals surface area contributed by atoms with Gasteiger partial charge >= 0.3 is 5.97 Å². The molecule has 0 spiro atoms. The summed E-state index contributed by atoms with van der Waals surface area (Å²) in [5.74, 6) is 0.165. The average molecular weight is 289 g/mol. The van der Waals surface area contributed by atoms with Crippen LogP contribution in [0.5, 0.6) is 0 Å². The number of ether oxygens (including phenoxy) is 1. The van der Waals surface area contributed by atoms with E-state index in [0.717, 1.165) is 9.37 Å². The van der Waals surface area contributed by atoms with Crippen molar-refractivity contribution in [2.75, 3.05) is 12.9 Å². The smallest absolute Gasteiger partial charge is 0.315 e. The van der Waals surface area contributed by atoms with Gasteiger partial charge in [0.1, 0.15) is 0 Å². The van der Waals surface area contributed by atoms with Crippen molar-refractivity contribution in [3.05, 3.63) is 27.7 Å². The Hall–Kier alpha value is -0.480. The van der Waals surface area contributed by atoms with Crippen molar-refractivity contribution in [2.45, 2.75) is 18.7 Å². The van der Waals surface area contributed by atoms with Crippen LogP contribution in [-0.4, -0.2) is 18.8 Å². The van der Waals surface area contributed by atoms with Crippen LogP contribution in [0.4, 0.5) is 0 Å². The van der Waals surface area contributed by atoms with Gasteiger partial charge in [-0.15, -0.1) is 11.8 Å². The van der Waals surface area contributed by atoms with Crippen molar-refractivity contribution in [2.24, 2.45) is 0 Å². The van der Waals surface area contributed by atoms with Gasteiger partial charge in [-0.3, -0.25) is 4.79 Å². The molecule has 15 heavy (non-hydrogen) atoms. The normalized spacial score (nSPS) is 10.1. The van der Waals surface area contributed by atoms with Gasteiger partial charge in [0.15, 0.2) is 0 Å². The van der Waals surface area contributed by atoms with Crippen LogP contribution in [0.25, 0.3) is 0 Å². The first kappa shape index (κ1) is 12.6. The molecule has 0 fully saturated rings. The molecule has 0 amide bonds. The van der Waals surface area contributed by atoms with Crippen LogP contribution in [0.2, 0.25) is 0 Å². The Labute approximate surface area is 103 Å². The molecule has 0 radical (unpaired) electrons. The van der Waals surface area contributed by atoms with Gasteiger partial charge in [-0.2, -0.15) is 0 Å². The Kier molecular flexibility index (Phi) is 4.67. The molecule has 0 N–H and O–H groups in total. The van der Waals surface area contributed by atoms with Gasteiger partial charge in [0.25, 0.3) is 0 Å². The van der Waals surface area contributed by atoms with Crippen LogP contribution in [0, 0.1) is 13.8 Å². The maximum Gasteiger partial charge on any atom is 0.315 e. The largest absolute Gasteiger partial charge is 0.468 e. The van der Waals surface area contributed by atoms with Crippen molar-refractivity contribution in [1.29, 1.82) is 0 Å². The van der Waals surface area contributed by atoms with Crippen LogP contribution in [0.3, 0.4) is 0 Å². The predicted octanol–water partition coefficient (Wildman–Crippen LogP) is 3.33. The number of carbonyl (C=O) groups is 1. The van der Waals surface area contributed by atoms with Crippen molar-refractivity contribution >= 4 is 33.7 Å². The molecule has 1 rings (SSSR count). The van der Waals surface area contributed by atoms with Crippen LogP contribution >= 0.6 is 27.7 Å². The van der Waals surface area contributed by atoms with E-state index < -0.39 is 0 Å². The fraction of sp³-hybridized carbons (Fsp3) is 0.364. The number of methoxy groups -OCH3 is 1. The molecule has 0 aromatic heterocycles. The molecule has 4 heteroatoms. The first-order valence-corrected chi connectivity index (χ1v) is 6.29. The first-order valence-electron chi connectivity index (χ1n) is 4.51. The number of aryl methyl sites for hydroxylation is 2. The summed E-state index contributed by atoms with van der Waals surface area (Å²) in [6.45, 7) is 4.07. The minimum Gasteiger partial charge on any atom is -0.468 e. The highest BCUT2D eigenvalue weighted by molar-refractivity contribution is 9.10. The van der Waals surface area contributed by atoms with Gasteiger partial charge in [-0.25, -0.2) is 0 Å². The molecule has 1 aromatic carbocycles. The van der Waals surface area contributed by atoms with E-state index in [4.69, 9.17) is 0 Å². The van der Waals surface area contributed by atoms with Gasteiger partial charge in [-0.05, 0) is 37.1 Å². The number of hydrogen-bond donors (Lipinski definition) is 0. The van der Waals surface area contributed by atoms with Gasteiger partial charge in [-0.1, -0.05) is 15.9 Å². The van der Waals surface area contributed by atoms with Crippen molar-refractivity contribution in [3.63, 3.8) is 0 Å². The van der Waals surface area contributed by atoms with Gasteiger partial charge in [0, 0.05) is 9.37 Å².